The number of aromatic amines is 1. The van der Waals surface area contributed by atoms with E-state index in [4.69, 9.17) is 19.2 Å². The van der Waals surface area contributed by atoms with Crippen LogP contribution in [0.25, 0.3) is 11.0 Å². The number of nitrogens with one attached hydrogen (secondary N) is 1. The lowest BCUT2D eigenvalue weighted by Crippen LogP contribution is -2.43. The standard InChI is InChI=1S/C27H39N3O4/c1-25(2,3)34-24(31)30-20-11-9-8-10-16(20)15-21(30)22-28-18-13-12-17(14-19(18)29-22)23-32-26(4,5)27(6,7)33-23/h12-14,16,20-21,23H,8-11,15H2,1-7H3,(H,28,29)/t16-,20-,21-/m0/s1. The Morgan fingerprint density at radius 2 is 1.79 bits per heavy atom. The number of ether oxygens (including phenoxy) is 3. The second-order valence-electron chi connectivity index (χ2n) is 12.2. The number of carbonyl (C=O) groups excluding carboxylic acids is 1. The molecule has 0 spiro atoms. The summed E-state index contributed by atoms with van der Waals surface area (Å²) < 4.78 is 18.3. The van der Waals surface area contributed by atoms with Crippen molar-refractivity contribution in [3.8, 4) is 0 Å². The molecular weight excluding hydrogens is 430 g/mol. The molecule has 3 fully saturated rings. The van der Waals surface area contributed by atoms with Gasteiger partial charge >= 0.3 is 6.09 Å². The minimum atomic E-state index is -0.528. The molecule has 5 rings (SSSR count). The van der Waals surface area contributed by atoms with Crippen LogP contribution < -0.4 is 0 Å². The van der Waals surface area contributed by atoms with Crippen LogP contribution in [0.4, 0.5) is 4.79 Å². The van der Waals surface area contributed by atoms with Crippen LogP contribution in [-0.4, -0.2) is 43.8 Å². The summed E-state index contributed by atoms with van der Waals surface area (Å²) in [5.74, 6) is 1.33. The largest absolute Gasteiger partial charge is 0.444 e. The Bertz CT molecular complexity index is 1070. The monoisotopic (exact) mass is 469 g/mol. The number of hydrogen-bond acceptors (Lipinski definition) is 5. The molecule has 0 bridgehead atoms. The molecule has 7 heteroatoms. The Morgan fingerprint density at radius 3 is 2.47 bits per heavy atom. The van der Waals surface area contributed by atoms with Gasteiger partial charge in [0.05, 0.1) is 28.3 Å². The van der Waals surface area contributed by atoms with Crippen LogP contribution in [0.15, 0.2) is 18.2 Å². The minimum absolute atomic E-state index is 0.101. The first-order chi connectivity index (χ1) is 15.8. The number of imidazole rings is 1. The SMILES string of the molecule is CC(C)(C)OC(=O)N1[C@H](c2nc3ccc(C4OC(C)(C)C(C)(C)O4)cc3[nH]2)C[C@@H]2CCCC[C@@H]21. The van der Waals surface area contributed by atoms with Crippen molar-refractivity contribution in [2.24, 2.45) is 5.92 Å². The average Bonchev–Trinajstić information content (AvgIpc) is 3.37. The molecule has 2 saturated heterocycles. The highest BCUT2D eigenvalue weighted by Crippen LogP contribution is 2.47. The number of hydrogen-bond donors (Lipinski definition) is 1. The maximum Gasteiger partial charge on any atom is 0.411 e. The topological polar surface area (TPSA) is 76.7 Å². The van der Waals surface area contributed by atoms with Gasteiger partial charge in [0.25, 0.3) is 0 Å². The van der Waals surface area contributed by atoms with Gasteiger partial charge < -0.3 is 19.2 Å². The zero-order chi connectivity index (χ0) is 24.5. The predicted molar refractivity (Wildman–Crippen MR) is 130 cm³/mol. The summed E-state index contributed by atoms with van der Waals surface area (Å²) >= 11 is 0. The lowest BCUT2D eigenvalue weighted by atomic mass is 9.85. The van der Waals surface area contributed by atoms with E-state index in [1.165, 1.54) is 6.42 Å². The van der Waals surface area contributed by atoms with Crippen molar-refractivity contribution in [1.29, 1.82) is 0 Å². The van der Waals surface area contributed by atoms with Crippen LogP contribution >= 0.6 is 0 Å². The molecular formula is C27H39N3O4. The van der Waals surface area contributed by atoms with E-state index in [2.05, 4.69) is 38.7 Å². The Kier molecular flexibility index (Phi) is 5.52. The summed E-state index contributed by atoms with van der Waals surface area (Å²) in [6.07, 6.45) is 4.85. The Hall–Kier alpha value is -2.12. The smallest absolute Gasteiger partial charge is 0.411 e. The van der Waals surface area contributed by atoms with Crippen LogP contribution in [0.2, 0.25) is 0 Å². The number of likely N-dealkylation sites (tertiary alicyclic amines) is 1. The van der Waals surface area contributed by atoms with Gasteiger partial charge in [-0.1, -0.05) is 18.9 Å². The van der Waals surface area contributed by atoms with Crippen molar-refractivity contribution in [2.45, 2.75) is 116 Å². The normalized spacial score (nSPS) is 28.9. The van der Waals surface area contributed by atoms with Gasteiger partial charge in [-0.05, 0) is 85.8 Å². The van der Waals surface area contributed by atoms with Crippen LogP contribution in [0.5, 0.6) is 0 Å². The molecule has 1 N–H and O–H groups in total. The van der Waals surface area contributed by atoms with Gasteiger partial charge in [-0.2, -0.15) is 0 Å². The molecule has 186 valence electrons. The molecule has 0 radical (unpaired) electrons. The molecule has 2 aliphatic heterocycles. The van der Waals surface area contributed by atoms with Crippen molar-refractivity contribution >= 4 is 17.1 Å². The van der Waals surface area contributed by atoms with Gasteiger partial charge in [-0.3, -0.25) is 4.90 Å². The molecule has 1 aliphatic carbocycles. The van der Waals surface area contributed by atoms with Crippen molar-refractivity contribution in [2.75, 3.05) is 0 Å². The van der Waals surface area contributed by atoms with Gasteiger partial charge in [0, 0.05) is 11.6 Å². The van der Waals surface area contributed by atoms with E-state index < -0.39 is 11.9 Å². The summed E-state index contributed by atoms with van der Waals surface area (Å²) in [7, 11) is 0. The van der Waals surface area contributed by atoms with E-state index in [0.717, 1.165) is 48.1 Å². The first-order valence-electron chi connectivity index (χ1n) is 12.7. The lowest BCUT2D eigenvalue weighted by molar-refractivity contribution is -0.0895. The third kappa shape index (κ3) is 4.11. The number of aromatic nitrogens is 2. The van der Waals surface area contributed by atoms with Crippen molar-refractivity contribution in [3.63, 3.8) is 0 Å². The molecule has 3 atom stereocenters. The third-order valence-corrected chi connectivity index (χ3v) is 8.06. The van der Waals surface area contributed by atoms with Gasteiger partial charge in [-0.15, -0.1) is 0 Å². The molecule has 1 amide bonds. The Labute approximate surface area is 202 Å². The molecule has 3 heterocycles. The number of nitrogens with zero attached hydrogens (tertiary/aromatic N) is 2. The summed E-state index contributed by atoms with van der Waals surface area (Å²) in [6.45, 7) is 14.0. The van der Waals surface area contributed by atoms with Crippen LogP contribution in [0.1, 0.15) is 104 Å². The number of benzene rings is 1. The fourth-order valence-corrected chi connectivity index (χ4v) is 5.61. The first-order valence-corrected chi connectivity index (χ1v) is 12.7. The summed E-state index contributed by atoms with van der Waals surface area (Å²) in [6, 6.07) is 6.22. The molecule has 34 heavy (non-hydrogen) atoms. The van der Waals surface area contributed by atoms with Crippen molar-refractivity contribution < 1.29 is 19.0 Å². The highest BCUT2D eigenvalue weighted by molar-refractivity contribution is 5.76. The summed E-state index contributed by atoms with van der Waals surface area (Å²) in [5, 5.41) is 0. The van der Waals surface area contributed by atoms with Crippen LogP contribution in [0.3, 0.4) is 0 Å². The molecule has 3 aliphatic rings. The molecule has 7 nitrogen and oxygen atoms in total. The van der Waals surface area contributed by atoms with Gasteiger partial charge in [-0.25, -0.2) is 9.78 Å². The number of rotatable bonds is 2. The quantitative estimate of drug-likeness (QED) is 0.550. The number of H-pyrrole nitrogens is 1. The zero-order valence-corrected chi connectivity index (χ0v) is 21.6. The van der Waals surface area contributed by atoms with E-state index in [0.29, 0.717) is 5.92 Å². The second-order valence-corrected chi connectivity index (χ2v) is 12.2. The predicted octanol–water partition coefficient (Wildman–Crippen LogP) is 6.41. The maximum absolute atomic E-state index is 13.3. The second kappa shape index (κ2) is 7.95. The van der Waals surface area contributed by atoms with Crippen LogP contribution in [0, 0.1) is 5.92 Å². The molecule has 2 aromatic rings. The van der Waals surface area contributed by atoms with Gasteiger partial charge in [0.2, 0.25) is 0 Å². The molecule has 1 saturated carbocycles. The first kappa shape index (κ1) is 23.6. The summed E-state index contributed by atoms with van der Waals surface area (Å²) in [5.41, 5.74) is 1.47. The highest BCUT2D eigenvalue weighted by atomic mass is 16.7. The molecule has 1 aromatic carbocycles. The van der Waals surface area contributed by atoms with Gasteiger partial charge in [0.1, 0.15) is 11.4 Å². The van der Waals surface area contributed by atoms with Crippen molar-refractivity contribution in [1.82, 2.24) is 14.9 Å². The fourth-order valence-electron chi connectivity index (χ4n) is 5.61. The maximum atomic E-state index is 13.3. The third-order valence-electron chi connectivity index (χ3n) is 8.06. The number of carbonyl (C=O) groups is 1. The number of amides is 1. The van der Waals surface area contributed by atoms with Crippen LogP contribution in [-0.2, 0) is 14.2 Å². The molecule has 0 unspecified atom stereocenters. The highest BCUT2D eigenvalue weighted by Gasteiger charge is 2.50. The van der Waals surface area contributed by atoms with E-state index >= 15 is 0 Å². The number of fused-ring (bicyclic) bond motifs is 2. The Balaban J connectivity index is 1.45. The van der Waals surface area contributed by atoms with E-state index in [-0.39, 0.29) is 29.4 Å². The Morgan fingerprint density at radius 1 is 1.12 bits per heavy atom. The minimum Gasteiger partial charge on any atom is -0.444 e. The lowest BCUT2D eigenvalue weighted by Gasteiger charge is -2.34. The average molecular weight is 470 g/mol. The van der Waals surface area contributed by atoms with E-state index in [1.807, 2.05) is 37.8 Å². The fraction of sp³-hybridized carbons (Fsp3) is 0.704. The summed E-state index contributed by atoms with van der Waals surface area (Å²) in [4.78, 5) is 23.7. The zero-order valence-electron chi connectivity index (χ0n) is 21.6. The van der Waals surface area contributed by atoms with E-state index in [9.17, 15) is 4.79 Å². The molecule has 1 aromatic heterocycles. The van der Waals surface area contributed by atoms with E-state index in [1.54, 1.807) is 0 Å². The van der Waals surface area contributed by atoms with Gasteiger partial charge in [0.15, 0.2) is 6.29 Å². The van der Waals surface area contributed by atoms with Crippen molar-refractivity contribution in [3.05, 3.63) is 29.6 Å².